The fourth-order valence-electron chi connectivity index (χ4n) is 1.95. The second kappa shape index (κ2) is 9.19. The molecular weight excluding hydrogens is 308 g/mol. The molecule has 1 amide bonds. The molecule has 2 aromatic rings. The van der Waals surface area contributed by atoms with Crippen LogP contribution in [-0.4, -0.2) is 32.4 Å². The second-order valence-corrected chi connectivity index (χ2v) is 4.77. The average Bonchev–Trinajstić information content (AvgIpc) is 2.61. The van der Waals surface area contributed by atoms with Crippen LogP contribution in [-0.2, 0) is 9.63 Å². The van der Waals surface area contributed by atoms with Gasteiger partial charge in [0.15, 0.2) is 18.1 Å². The maximum atomic E-state index is 11.7. The van der Waals surface area contributed by atoms with E-state index >= 15 is 0 Å². The molecule has 0 aliphatic rings. The molecule has 24 heavy (non-hydrogen) atoms. The molecule has 0 heterocycles. The monoisotopic (exact) mass is 328 g/mol. The Kier molecular flexibility index (Phi) is 6.64. The summed E-state index contributed by atoms with van der Waals surface area (Å²) in [6, 6.07) is 14.6. The molecule has 0 unspecified atom stereocenters. The smallest absolute Gasteiger partial charge is 0.265 e. The van der Waals surface area contributed by atoms with E-state index in [1.807, 2.05) is 31.2 Å². The molecular formula is C18H20N2O4. The van der Waals surface area contributed by atoms with Crippen molar-refractivity contribution < 1.29 is 19.1 Å². The van der Waals surface area contributed by atoms with Crippen LogP contribution in [0, 0.1) is 0 Å². The van der Waals surface area contributed by atoms with Gasteiger partial charge in [0.05, 0.1) is 19.9 Å². The van der Waals surface area contributed by atoms with Crippen molar-refractivity contribution in [1.29, 1.82) is 0 Å². The van der Waals surface area contributed by atoms with E-state index in [9.17, 15) is 4.79 Å². The topological polar surface area (TPSA) is 69.2 Å². The second-order valence-electron chi connectivity index (χ2n) is 4.77. The van der Waals surface area contributed by atoms with Crippen molar-refractivity contribution in [2.24, 2.45) is 5.16 Å². The van der Waals surface area contributed by atoms with E-state index in [0.29, 0.717) is 23.8 Å². The number of methoxy groups -OCH3 is 1. The Bertz CT molecular complexity index is 687. The number of ether oxygens (including phenoxy) is 2. The van der Waals surface area contributed by atoms with Crippen molar-refractivity contribution in [3.63, 3.8) is 0 Å². The highest BCUT2D eigenvalue weighted by Gasteiger charge is 2.04. The number of amides is 1. The highest BCUT2D eigenvalue weighted by molar-refractivity contribution is 5.91. The number of oxime groups is 1. The van der Waals surface area contributed by atoms with Gasteiger partial charge in [-0.3, -0.25) is 4.79 Å². The van der Waals surface area contributed by atoms with Crippen molar-refractivity contribution in [1.82, 2.24) is 0 Å². The highest BCUT2D eigenvalue weighted by atomic mass is 16.6. The first kappa shape index (κ1) is 17.3. The number of para-hydroxylation sites is 1. The number of carbonyl (C=O) groups is 1. The van der Waals surface area contributed by atoms with Gasteiger partial charge in [-0.1, -0.05) is 23.4 Å². The van der Waals surface area contributed by atoms with Crippen molar-refractivity contribution in [3.05, 3.63) is 54.1 Å². The van der Waals surface area contributed by atoms with E-state index in [-0.39, 0.29) is 12.5 Å². The average molecular weight is 328 g/mol. The molecule has 2 aromatic carbocycles. The lowest BCUT2D eigenvalue weighted by Crippen LogP contribution is -2.16. The Morgan fingerprint density at radius 2 is 1.96 bits per heavy atom. The lowest BCUT2D eigenvalue weighted by Gasteiger charge is -2.09. The zero-order chi connectivity index (χ0) is 17.2. The quantitative estimate of drug-likeness (QED) is 0.597. The Balaban J connectivity index is 1.84. The van der Waals surface area contributed by atoms with E-state index < -0.39 is 0 Å². The van der Waals surface area contributed by atoms with E-state index in [1.165, 1.54) is 6.21 Å². The summed E-state index contributed by atoms with van der Waals surface area (Å²) in [5.74, 6) is 1.01. The van der Waals surface area contributed by atoms with Gasteiger partial charge in [0.1, 0.15) is 0 Å². The molecule has 2 rings (SSSR count). The molecule has 0 aromatic heterocycles. The lowest BCUT2D eigenvalue weighted by atomic mass is 10.2. The predicted molar refractivity (Wildman–Crippen MR) is 92.8 cm³/mol. The van der Waals surface area contributed by atoms with Crippen LogP contribution in [0.15, 0.2) is 53.7 Å². The van der Waals surface area contributed by atoms with Crippen molar-refractivity contribution in [2.75, 3.05) is 25.6 Å². The van der Waals surface area contributed by atoms with Gasteiger partial charge in [0, 0.05) is 11.3 Å². The number of benzene rings is 2. The predicted octanol–water partition coefficient (Wildman–Crippen LogP) is 3.08. The summed E-state index contributed by atoms with van der Waals surface area (Å²) in [6.07, 6.45) is 1.51. The largest absolute Gasteiger partial charge is 0.493 e. The van der Waals surface area contributed by atoms with E-state index in [0.717, 1.165) is 5.56 Å². The third-order valence-electron chi connectivity index (χ3n) is 3.02. The number of rotatable bonds is 8. The van der Waals surface area contributed by atoms with Gasteiger partial charge >= 0.3 is 0 Å². The SMILES string of the molecule is CCOc1ccc(/C=N/OCC(=O)Nc2ccccc2)cc1OC. The summed E-state index contributed by atoms with van der Waals surface area (Å²) in [6.45, 7) is 2.30. The molecule has 0 atom stereocenters. The minimum absolute atomic E-state index is 0.167. The Labute approximate surface area is 141 Å². The Hall–Kier alpha value is -3.02. The van der Waals surface area contributed by atoms with Gasteiger partial charge in [-0.2, -0.15) is 0 Å². The minimum atomic E-state index is -0.275. The number of nitrogens with zero attached hydrogens (tertiary/aromatic N) is 1. The molecule has 0 radical (unpaired) electrons. The number of hydrogen-bond donors (Lipinski definition) is 1. The van der Waals surface area contributed by atoms with Gasteiger partial charge in [0.25, 0.3) is 5.91 Å². The van der Waals surface area contributed by atoms with Gasteiger partial charge in [-0.25, -0.2) is 0 Å². The minimum Gasteiger partial charge on any atom is -0.493 e. The van der Waals surface area contributed by atoms with Crippen molar-refractivity contribution >= 4 is 17.8 Å². The summed E-state index contributed by atoms with van der Waals surface area (Å²) in [5.41, 5.74) is 1.49. The molecule has 0 aliphatic heterocycles. The molecule has 0 aliphatic carbocycles. The molecule has 0 spiro atoms. The first-order valence-electron chi connectivity index (χ1n) is 7.54. The Morgan fingerprint density at radius 1 is 1.17 bits per heavy atom. The zero-order valence-electron chi connectivity index (χ0n) is 13.7. The van der Waals surface area contributed by atoms with Crippen LogP contribution < -0.4 is 14.8 Å². The third kappa shape index (κ3) is 5.31. The summed E-state index contributed by atoms with van der Waals surface area (Å²) < 4.78 is 10.7. The molecule has 6 nitrogen and oxygen atoms in total. The van der Waals surface area contributed by atoms with E-state index in [2.05, 4.69) is 10.5 Å². The van der Waals surface area contributed by atoms with Crippen molar-refractivity contribution in [3.8, 4) is 11.5 Å². The third-order valence-corrected chi connectivity index (χ3v) is 3.02. The van der Waals surface area contributed by atoms with Crippen LogP contribution in [0.3, 0.4) is 0 Å². The maximum Gasteiger partial charge on any atom is 0.265 e. The van der Waals surface area contributed by atoms with E-state index in [4.69, 9.17) is 14.3 Å². The fourth-order valence-corrected chi connectivity index (χ4v) is 1.95. The molecule has 1 N–H and O–H groups in total. The zero-order valence-corrected chi connectivity index (χ0v) is 13.7. The van der Waals surface area contributed by atoms with Crippen LogP contribution in [0.4, 0.5) is 5.69 Å². The van der Waals surface area contributed by atoms with Crippen LogP contribution in [0.5, 0.6) is 11.5 Å². The normalized spacial score (nSPS) is 10.4. The summed E-state index contributed by atoms with van der Waals surface area (Å²) >= 11 is 0. The maximum absolute atomic E-state index is 11.7. The number of anilines is 1. The summed E-state index contributed by atoms with van der Waals surface area (Å²) in [7, 11) is 1.57. The number of nitrogens with one attached hydrogen (secondary N) is 1. The standard InChI is InChI=1S/C18H20N2O4/c1-3-23-16-10-9-14(11-17(16)22-2)12-19-24-13-18(21)20-15-7-5-4-6-8-15/h4-12H,3,13H2,1-2H3,(H,20,21)/b19-12+. The van der Waals surface area contributed by atoms with Gasteiger partial charge < -0.3 is 19.6 Å². The fraction of sp³-hybridized carbons (Fsp3) is 0.222. The van der Waals surface area contributed by atoms with Gasteiger partial charge in [0.2, 0.25) is 0 Å². The van der Waals surface area contributed by atoms with Crippen LogP contribution in [0.1, 0.15) is 12.5 Å². The molecule has 6 heteroatoms. The van der Waals surface area contributed by atoms with Crippen LogP contribution in [0.2, 0.25) is 0 Å². The molecule has 0 bridgehead atoms. The first-order valence-corrected chi connectivity index (χ1v) is 7.54. The molecule has 126 valence electrons. The molecule has 0 fully saturated rings. The summed E-state index contributed by atoms with van der Waals surface area (Å²) in [4.78, 5) is 16.7. The number of hydrogen-bond acceptors (Lipinski definition) is 5. The van der Waals surface area contributed by atoms with Crippen LogP contribution >= 0.6 is 0 Å². The van der Waals surface area contributed by atoms with Crippen LogP contribution in [0.25, 0.3) is 0 Å². The highest BCUT2D eigenvalue weighted by Crippen LogP contribution is 2.27. The van der Waals surface area contributed by atoms with Crippen molar-refractivity contribution in [2.45, 2.75) is 6.92 Å². The Morgan fingerprint density at radius 3 is 2.67 bits per heavy atom. The van der Waals surface area contributed by atoms with Gasteiger partial charge in [-0.15, -0.1) is 0 Å². The van der Waals surface area contributed by atoms with Gasteiger partial charge in [-0.05, 0) is 37.3 Å². The lowest BCUT2D eigenvalue weighted by molar-refractivity contribution is -0.120. The van der Waals surface area contributed by atoms with E-state index in [1.54, 1.807) is 31.4 Å². The molecule has 0 saturated heterocycles. The first-order chi connectivity index (χ1) is 11.7. The summed E-state index contributed by atoms with van der Waals surface area (Å²) in [5, 5.41) is 6.50. The molecule has 0 saturated carbocycles. The number of carbonyl (C=O) groups excluding carboxylic acids is 1.